The average Bonchev–Trinajstić information content (AvgIpc) is 3.05. The highest BCUT2D eigenvalue weighted by atomic mass is 16.5. The molecule has 0 unspecified atom stereocenters. The molecule has 7 nitrogen and oxygen atoms in total. The fourth-order valence-electron chi connectivity index (χ4n) is 1.99. The minimum absolute atomic E-state index is 0.110. The summed E-state index contributed by atoms with van der Waals surface area (Å²) in [5.41, 5.74) is 0.989. The maximum absolute atomic E-state index is 12.3. The molecule has 0 atom stereocenters. The van der Waals surface area contributed by atoms with E-state index in [-0.39, 0.29) is 6.03 Å². The van der Waals surface area contributed by atoms with Crippen LogP contribution < -0.4 is 5.32 Å². The number of methoxy groups -OCH3 is 1. The van der Waals surface area contributed by atoms with Gasteiger partial charge in [0.05, 0.1) is 12.9 Å². The molecular weight excluding hydrogens is 282 g/mol. The van der Waals surface area contributed by atoms with E-state index in [1.807, 2.05) is 22.9 Å². The standard InChI is InChI=1S/C15H21N5O2/c1-22-10-9-20(12-14-3-2-4-16-11-14)15(21)18-6-8-19-7-5-17-13-19/h2-5,7,11,13H,6,8-10,12H2,1H3,(H,18,21). The molecule has 2 amide bonds. The second kappa shape index (κ2) is 8.78. The van der Waals surface area contributed by atoms with Crippen LogP contribution >= 0.6 is 0 Å². The normalized spacial score (nSPS) is 10.4. The molecule has 7 heteroatoms. The second-order valence-corrected chi connectivity index (χ2v) is 4.81. The van der Waals surface area contributed by atoms with Crippen LogP contribution in [0.2, 0.25) is 0 Å². The molecule has 0 aliphatic rings. The third kappa shape index (κ3) is 5.17. The lowest BCUT2D eigenvalue weighted by Gasteiger charge is -2.23. The zero-order chi connectivity index (χ0) is 15.6. The second-order valence-electron chi connectivity index (χ2n) is 4.81. The van der Waals surface area contributed by atoms with Gasteiger partial charge in [-0.25, -0.2) is 9.78 Å². The van der Waals surface area contributed by atoms with Crippen molar-refractivity contribution in [1.29, 1.82) is 0 Å². The Hall–Kier alpha value is -2.41. The largest absolute Gasteiger partial charge is 0.383 e. The molecule has 0 spiro atoms. The van der Waals surface area contributed by atoms with Crippen molar-refractivity contribution >= 4 is 6.03 Å². The summed E-state index contributed by atoms with van der Waals surface area (Å²) in [5, 5.41) is 2.91. The maximum Gasteiger partial charge on any atom is 0.317 e. The molecule has 2 aromatic rings. The SMILES string of the molecule is COCCN(Cc1cccnc1)C(=O)NCCn1ccnc1. The molecule has 2 aromatic heterocycles. The van der Waals surface area contributed by atoms with Crippen molar-refractivity contribution in [3.8, 4) is 0 Å². The van der Waals surface area contributed by atoms with Gasteiger partial charge in [-0.15, -0.1) is 0 Å². The van der Waals surface area contributed by atoms with Gasteiger partial charge in [-0.2, -0.15) is 0 Å². The molecule has 2 rings (SSSR count). The first kappa shape index (κ1) is 16.0. The van der Waals surface area contributed by atoms with E-state index >= 15 is 0 Å². The van der Waals surface area contributed by atoms with E-state index in [2.05, 4.69) is 15.3 Å². The summed E-state index contributed by atoms with van der Waals surface area (Å²) in [6.07, 6.45) is 8.79. The first-order valence-electron chi connectivity index (χ1n) is 7.16. The summed E-state index contributed by atoms with van der Waals surface area (Å²) in [5.74, 6) is 0. The van der Waals surface area contributed by atoms with Crippen molar-refractivity contribution in [3.05, 3.63) is 48.8 Å². The Balaban J connectivity index is 1.85. The van der Waals surface area contributed by atoms with Crippen LogP contribution in [0, 0.1) is 0 Å². The van der Waals surface area contributed by atoms with Crippen molar-refractivity contribution in [2.24, 2.45) is 0 Å². The average molecular weight is 303 g/mol. The van der Waals surface area contributed by atoms with Crippen LogP contribution in [0.5, 0.6) is 0 Å². The number of urea groups is 1. The predicted molar refractivity (Wildman–Crippen MR) is 82.1 cm³/mol. The van der Waals surface area contributed by atoms with Gasteiger partial charge in [-0.1, -0.05) is 6.07 Å². The number of rotatable bonds is 8. The van der Waals surface area contributed by atoms with Gasteiger partial charge in [0.2, 0.25) is 0 Å². The molecule has 0 radical (unpaired) electrons. The van der Waals surface area contributed by atoms with Crippen LogP contribution in [0.3, 0.4) is 0 Å². The minimum atomic E-state index is -0.110. The maximum atomic E-state index is 12.3. The van der Waals surface area contributed by atoms with E-state index < -0.39 is 0 Å². The van der Waals surface area contributed by atoms with Crippen LogP contribution in [0.1, 0.15) is 5.56 Å². The van der Waals surface area contributed by atoms with Gasteiger partial charge in [0.25, 0.3) is 0 Å². The number of nitrogens with one attached hydrogen (secondary N) is 1. The van der Waals surface area contributed by atoms with Crippen molar-refractivity contribution < 1.29 is 9.53 Å². The highest BCUT2D eigenvalue weighted by molar-refractivity contribution is 5.74. The fourth-order valence-corrected chi connectivity index (χ4v) is 1.99. The Bertz CT molecular complexity index is 544. The lowest BCUT2D eigenvalue weighted by molar-refractivity contribution is 0.146. The van der Waals surface area contributed by atoms with Gasteiger partial charge in [-0.3, -0.25) is 4.98 Å². The molecule has 118 valence electrons. The third-order valence-corrected chi connectivity index (χ3v) is 3.15. The van der Waals surface area contributed by atoms with Crippen LogP contribution in [0.4, 0.5) is 4.79 Å². The van der Waals surface area contributed by atoms with E-state index in [1.165, 1.54) is 0 Å². The summed E-state index contributed by atoms with van der Waals surface area (Å²) < 4.78 is 6.99. The van der Waals surface area contributed by atoms with Gasteiger partial charge >= 0.3 is 6.03 Å². The molecular formula is C15H21N5O2. The van der Waals surface area contributed by atoms with Crippen LogP contribution in [-0.2, 0) is 17.8 Å². The summed E-state index contributed by atoms with van der Waals surface area (Å²) in [4.78, 5) is 22.1. The molecule has 0 saturated heterocycles. The third-order valence-electron chi connectivity index (χ3n) is 3.15. The van der Waals surface area contributed by atoms with Gasteiger partial charge < -0.3 is 19.5 Å². The number of carbonyl (C=O) groups excluding carboxylic acids is 1. The molecule has 22 heavy (non-hydrogen) atoms. The number of amides is 2. The Morgan fingerprint density at radius 3 is 3.00 bits per heavy atom. The number of imidazole rings is 1. The summed E-state index contributed by atoms with van der Waals surface area (Å²) in [7, 11) is 1.62. The monoisotopic (exact) mass is 303 g/mol. The van der Waals surface area contributed by atoms with Gasteiger partial charge in [0.1, 0.15) is 0 Å². The topological polar surface area (TPSA) is 72.3 Å². The first-order valence-corrected chi connectivity index (χ1v) is 7.16. The molecule has 0 bridgehead atoms. The number of pyridine rings is 1. The number of aromatic nitrogens is 3. The number of nitrogens with zero attached hydrogens (tertiary/aromatic N) is 4. The molecule has 0 saturated carbocycles. The smallest absolute Gasteiger partial charge is 0.317 e. The zero-order valence-electron chi connectivity index (χ0n) is 12.7. The highest BCUT2D eigenvalue weighted by Crippen LogP contribution is 2.03. The molecule has 1 N–H and O–H groups in total. The number of carbonyl (C=O) groups is 1. The van der Waals surface area contributed by atoms with Crippen LogP contribution in [-0.4, -0.2) is 52.3 Å². The number of ether oxygens (including phenoxy) is 1. The van der Waals surface area contributed by atoms with Crippen molar-refractivity contribution in [2.75, 3.05) is 26.8 Å². The molecule has 0 aromatic carbocycles. The van der Waals surface area contributed by atoms with Crippen molar-refractivity contribution in [1.82, 2.24) is 24.8 Å². The lowest BCUT2D eigenvalue weighted by atomic mass is 10.2. The van der Waals surface area contributed by atoms with E-state index in [0.29, 0.717) is 32.8 Å². The first-order chi connectivity index (χ1) is 10.8. The van der Waals surface area contributed by atoms with E-state index in [1.54, 1.807) is 36.9 Å². The van der Waals surface area contributed by atoms with Crippen LogP contribution in [0.25, 0.3) is 0 Å². The molecule has 0 aliphatic carbocycles. The minimum Gasteiger partial charge on any atom is -0.383 e. The predicted octanol–water partition coefficient (Wildman–Crippen LogP) is 1.14. The number of hydrogen-bond acceptors (Lipinski definition) is 4. The van der Waals surface area contributed by atoms with Crippen molar-refractivity contribution in [2.45, 2.75) is 13.1 Å². The lowest BCUT2D eigenvalue weighted by Crippen LogP contribution is -2.42. The van der Waals surface area contributed by atoms with E-state index in [0.717, 1.165) is 5.56 Å². The van der Waals surface area contributed by atoms with Crippen molar-refractivity contribution in [3.63, 3.8) is 0 Å². The fraction of sp³-hybridized carbons (Fsp3) is 0.400. The van der Waals surface area contributed by atoms with Gasteiger partial charge in [0, 0.05) is 58.1 Å². The summed E-state index contributed by atoms with van der Waals surface area (Å²) in [6.45, 7) is 2.77. The van der Waals surface area contributed by atoms with Gasteiger partial charge in [0.15, 0.2) is 0 Å². The summed E-state index contributed by atoms with van der Waals surface area (Å²) >= 11 is 0. The Morgan fingerprint density at radius 2 is 2.32 bits per heavy atom. The Kier molecular flexibility index (Phi) is 6.38. The quantitative estimate of drug-likeness (QED) is 0.793. The van der Waals surface area contributed by atoms with Crippen LogP contribution in [0.15, 0.2) is 43.2 Å². The molecule has 0 fully saturated rings. The number of hydrogen-bond donors (Lipinski definition) is 1. The Morgan fingerprint density at radius 1 is 1.41 bits per heavy atom. The summed E-state index contributed by atoms with van der Waals surface area (Å²) in [6, 6.07) is 3.70. The van der Waals surface area contributed by atoms with E-state index in [4.69, 9.17) is 4.74 Å². The Labute approximate surface area is 129 Å². The van der Waals surface area contributed by atoms with Gasteiger partial charge in [-0.05, 0) is 11.6 Å². The van der Waals surface area contributed by atoms with E-state index in [9.17, 15) is 4.79 Å². The molecule has 2 heterocycles. The highest BCUT2D eigenvalue weighted by Gasteiger charge is 2.13. The zero-order valence-corrected chi connectivity index (χ0v) is 12.7. The molecule has 0 aliphatic heterocycles.